The Morgan fingerprint density at radius 1 is 1.18 bits per heavy atom. The molecule has 2 aromatic rings. The Morgan fingerprint density at radius 3 is 2.62 bits per heavy atom. The number of amides is 3. The summed E-state index contributed by atoms with van der Waals surface area (Å²) in [4.78, 5) is 48.4. The van der Waals surface area contributed by atoms with Gasteiger partial charge in [-0.3, -0.25) is 24.0 Å². The monoisotopic (exact) mass is 474 g/mol. The third kappa shape index (κ3) is 6.25. The van der Waals surface area contributed by atoms with Gasteiger partial charge in [-0.2, -0.15) is 0 Å². The van der Waals surface area contributed by atoms with Crippen molar-refractivity contribution in [3.8, 4) is 0 Å². The van der Waals surface area contributed by atoms with Crippen molar-refractivity contribution in [1.82, 2.24) is 19.8 Å². The summed E-state index contributed by atoms with van der Waals surface area (Å²) in [5.41, 5.74) is 1.69. The number of aromatic nitrogens is 2. The highest BCUT2D eigenvalue weighted by Gasteiger charge is 2.31. The van der Waals surface area contributed by atoms with Crippen LogP contribution in [-0.4, -0.2) is 52.4 Å². The molecule has 0 spiro atoms. The number of rotatable bonds is 9. The van der Waals surface area contributed by atoms with E-state index in [1.165, 1.54) is 4.57 Å². The molecule has 3 amide bonds. The van der Waals surface area contributed by atoms with Gasteiger partial charge >= 0.3 is 11.8 Å². The van der Waals surface area contributed by atoms with Crippen molar-refractivity contribution < 1.29 is 23.9 Å². The largest absolute Gasteiger partial charge is 0.444 e. The minimum Gasteiger partial charge on any atom is -0.444 e. The van der Waals surface area contributed by atoms with Gasteiger partial charge in [0.1, 0.15) is 11.6 Å². The van der Waals surface area contributed by atoms with Crippen LogP contribution in [0.25, 0.3) is 11.0 Å². The number of benzene rings is 1. The van der Waals surface area contributed by atoms with Crippen molar-refractivity contribution in [2.75, 3.05) is 19.8 Å². The lowest BCUT2D eigenvalue weighted by atomic mass is 10.0. The van der Waals surface area contributed by atoms with Crippen molar-refractivity contribution in [3.63, 3.8) is 0 Å². The zero-order valence-corrected chi connectivity index (χ0v) is 20.3. The summed E-state index contributed by atoms with van der Waals surface area (Å²) in [5.74, 6) is -0.748. The number of nitrogens with zero attached hydrogens (tertiary/aromatic N) is 2. The minimum atomic E-state index is -0.693. The smallest absolute Gasteiger partial charge is 0.407 e. The van der Waals surface area contributed by atoms with Crippen LogP contribution < -0.4 is 16.3 Å². The molecular formula is C24H34N4O6. The average Bonchev–Trinajstić information content (AvgIpc) is 3.00. The fourth-order valence-electron chi connectivity index (χ4n) is 4.10. The minimum absolute atomic E-state index is 0.212. The van der Waals surface area contributed by atoms with Gasteiger partial charge in [-0.05, 0) is 58.1 Å². The normalized spacial score (nSPS) is 16.5. The predicted octanol–water partition coefficient (Wildman–Crippen LogP) is 2.18. The van der Waals surface area contributed by atoms with E-state index in [1.54, 1.807) is 11.6 Å². The number of piperidine rings is 1. The lowest BCUT2D eigenvalue weighted by molar-refractivity contribution is -0.135. The van der Waals surface area contributed by atoms with Crippen molar-refractivity contribution in [1.29, 1.82) is 0 Å². The van der Waals surface area contributed by atoms with E-state index in [9.17, 15) is 19.2 Å². The molecule has 0 aliphatic carbocycles. The molecule has 1 aromatic carbocycles. The molecule has 1 atom stereocenters. The molecule has 186 valence electrons. The quantitative estimate of drug-likeness (QED) is 0.425. The number of carbonyl (C=O) groups is 3. The molecule has 0 radical (unpaired) electrons. The van der Waals surface area contributed by atoms with Gasteiger partial charge < -0.3 is 14.8 Å². The van der Waals surface area contributed by atoms with E-state index in [2.05, 4.69) is 10.6 Å². The van der Waals surface area contributed by atoms with E-state index in [0.717, 1.165) is 17.5 Å². The molecule has 10 heteroatoms. The second kappa shape index (κ2) is 10.9. The number of ether oxygens (including phenoxy) is 2. The van der Waals surface area contributed by atoms with Crippen LogP contribution in [0.15, 0.2) is 23.0 Å². The predicted molar refractivity (Wildman–Crippen MR) is 127 cm³/mol. The van der Waals surface area contributed by atoms with Crippen molar-refractivity contribution in [3.05, 3.63) is 34.2 Å². The van der Waals surface area contributed by atoms with E-state index in [-0.39, 0.29) is 18.0 Å². The average molecular weight is 475 g/mol. The first-order valence-electron chi connectivity index (χ1n) is 11.7. The molecule has 1 saturated heterocycles. The molecule has 2 heterocycles. The topological polar surface area (TPSA) is 121 Å². The van der Waals surface area contributed by atoms with Crippen LogP contribution in [0.3, 0.4) is 0 Å². The van der Waals surface area contributed by atoms with E-state index in [4.69, 9.17) is 9.47 Å². The van der Waals surface area contributed by atoms with E-state index in [1.807, 2.05) is 39.0 Å². The molecule has 3 rings (SSSR count). The van der Waals surface area contributed by atoms with Gasteiger partial charge in [0.15, 0.2) is 0 Å². The zero-order valence-electron chi connectivity index (χ0n) is 20.3. The first-order valence-corrected chi connectivity index (χ1v) is 11.7. The Bertz CT molecular complexity index is 1110. The summed E-state index contributed by atoms with van der Waals surface area (Å²) in [5, 5.41) is 5.03. The molecule has 10 nitrogen and oxygen atoms in total. The van der Waals surface area contributed by atoms with Crippen molar-refractivity contribution in [2.24, 2.45) is 7.05 Å². The first kappa shape index (κ1) is 25.5. The maximum Gasteiger partial charge on any atom is 0.407 e. The van der Waals surface area contributed by atoms with Crippen molar-refractivity contribution in [2.45, 2.75) is 64.5 Å². The highest BCUT2D eigenvalue weighted by Crippen LogP contribution is 2.25. The van der Waals surface area contributed by atoms with Crippen LogP contribution in [0.2, 0.25) is 0 Å². The maximum atomic E-state index is 13.0. The second-order valence-electron chi connectivity index (χ2n) is 9.46. The summed E-state index contributed by atoms with van der Waals surface area (Å²) in [7, 11) is 1.70. The standard InChI is InChI=1S/C24H34N4O6/c1-24(2,3)34-22(31)25-13-7-15-33-14-6-9-16-8-5-10-17-20(16)27(4)23(32)28(17)18-11-12-19(29)26-21(18)30/h5,8,10,18H,6-7,9,11-15H2,1-4H3,(H,25,31)(H,26,29,30). The molecule has 0 bridgehead atoms. The lowest BCUT2D eigenvalue weighted by Gasteiger charge is -2.21. The molecule has 34 heavy (non-hydrogen) atoms. The third-order valence-corrected chi connectivity index (χ3v) is 5.58. The Hall–Kier alpha value is -3.14. The van der Waals surface area contributed by atoms with Crippen LogP contribution in [0.5, 0.6) is 0 Å². The lowest BCUT2D eigenvalue weighted by Crippen LogP contribution is -2.44. The van der Waals surface area contributed by atoms with Crippen LogP contribution in [0, 0.1) is 0 Å². The number of imidazole rings is 1. The van der Waals surface area contributed by atoms with Gasteiger partial charge in [0.05, 0.1) is 11.0 Å². The summed E-state index contributed by atoms with van der Waals surface area (Å²) >= 11 is 0. The van der Waals surface area contributed by atoms with Gasteiger partial charge in [0.2, 0.25) is 11.8 Å². The van der Waals surface area contributed by atoms with Crippen LogP contribution >= 0.6 is 0 Å². The SMILES string of the molecule is Cn1c(=O)n(C2CCC(=O)NC2=O)c2cccc(CCCOCCCNC(=O)OC(C)(C)C)c21. The molecular weight excluding hydrogens is 440 g/mol. The van der Waals surface area contributed by atoms with Crippen LogP contribution in [0.1, 0.15) is 58.1 Å². The van der Waals surface area contributed by atoms with E-state index in [0.29, 0.717) is 44.5 Å². The number of carbonyl (C=O) groups excluding carboxylic acids is 3. The highest BCUT2D eigenvalue weighted by molar-refractivity contribution is 6.00. The van der Waals surface area contributed by atoms with Gasteiger partial charge in [-0.15, -0.1) is 0 Å². The van der Waals surface area contributed by atoms with Crippen LogP contribution in [0.4, 0.5) is 4.79 Å². The molecule has 1 fully saturated rings. The summed E-state index contributed by atoms with van der Waals surface area (Å²) in [6.45, 7) is 6.99. The molecule has 0 saturated carbocycles. The fraction of sp³-hybridized carbons (Fsp3) is 0.583. The number of alkyl carbamates (subject to hydrolysis) is 1. The Balaban J connectivity index is 1.52. The van der Waals surface area contributed by atoms with Gasteiger partial charge in [0.25, 0.3) is 0 Å². The van der Waals surface area contributed by atoms with Gasteiger partial charge in [0, 0.05) is 33.2 Å². The molecule has 1 unspecified atom stereocenters. The zero-order chi connectivity index (χ0) is 24.9. The van der Waals surface area contributed by atoms with Crippen molar-refractivity contribution >= 4 is 28.9 Å². The second-order valence-corrected chi connectivity index (χ2v) is 9.46. The number of hydrogen-bond acceptors (Lipinski definition) is 6. The number of fused-ring (bicyclic) bond motifs is 1. The molecule has 2 N–H and O–H groups in total. The van der Waals surface area contributed by atoms with Gasteiger partial charge in [-0.25, -0.2) is 9.59 Å². The maximum absolute atomic E-state index is 13.0. The number of aryl methyl sites for hydroxylation is 2. The fourth-order valence-corrected chi connectivity index (χ4v) is 4.10. The Kier molecular flexibility index (Phi) is 8.14. The Morgan fingerprint density at radius 2 is 1.91 bits per heavy atom. The third-order valence-electron chi connectivity index (χ3n) is 5.58. The number of imide groups is 1. The first-order chi connectivity index (χ1) is 16.1. The van der Waals surface area contributed by atoms with Gasteiger partial charge in [-0.1, -0.05) is 12.1 Å². The molecule has 1 aliphatic heterocycles. The summed E-state index contributed by atoms with van der Waals surface area (Å²) < 4.78 is 13.9. The molecule has 1 aromatic heterocycles. The highest BCUT2D eigenvalue weighted by atomic mass is 16.6. The number of para-hydroxylation sites is 1. The molecule has 1 aliphatic rings. The summed E-state index contributed by atoms with van der Waals surface area (Å²) in [6, 6.07) is 4.99. The number of nitrogens with one attached hydrogen (secondary N) is 2. The van der Waals surface area contributed by atoms with Crippen LogP contribution in [-0.2, 0) is 32.5 Å². The summed E-state index contributed by atoms with van der Waals surface area (Å²) in [6.07, 6.45) is 2.23. The number of hydrogen-bond donors (Lipinski definition) is 2. The Labute approximate surface area is 198 Å². The van der Waals surface area contributed by atoms with E-state index < -0.39 is 23.6 Å². The van der Waals surface area contributed by atoms with E-state index >= 15 is 0 Å².